The smallest absolute Gasteiger partial charge is 0.272 e. The third-order valence-corrected chi connectivity index (χ3v) is 4.64. The first-order valence-electron chi connectivity index (χ1n) is 8.63. The highest BCUT2D eigenvalue weighted by Crippen LogP contribution is 2.41. The fraction of sp³-hybridized carbons (Fsp3) is 0.350. The van der Waals surface area contributed by atoms with E-state index in [0.717, 1.165) is 5.56 Å². The van der Waals surface area contributed by atoms with E-state index in [4.69, 9.17) is 9.47 Å². The van der Waals surface area contributed by atoms with Gasteiger partial charge in [0.2, 0.25) is 0 Å². The molecule has 0 radical (unpaired) electrons. The molecule has 1 aliphatic heterocycles. The molecule has 7 heteroatoms. The van der Waals surface area contributed by atoms with Gasteiger partial charge in [0, 0.05) is 29.2 Å². The summed E-state index contributed by atoms with van der Waals surface area (Å²) in [7, 11) is 1.59. The van der Waals surface area contributed by atoms with Crippen molar-refractivity contribution in [2.75, 3.05) is 7.11 Å². The number of nitro benzene ring substituents is 1. The molecule has 142 valence electrons. The van der Waals surface area contributed by atoms with Gasteiger partial charge < -0.3 is 14.8 Å². The molecule has 0 spiro atoms. The Morgan fingerprint density at radius 3 is 2.67 bits per heavy atom. The van der Waals surface area contributed by atoms with Crippen molar-refractivity contribution in [1.82, 2.24) is 5.32 Å². The molecule has 0 unspecified atom stereocenters. The van der Waals surface area contributed by atoms with E-state index < -0.39 is 10.5 Å². The van der Waals surface area contributed by atoms with E-state index in [-0.39, 0.29) is 17.6 Å². The maximum absolute atomic E-state index is 12.8. The Kier molecular flexibility index (Phi) is 4.78. The number of amides is 1. The van der Waals surface area contributed by atoms with Gasteiger partial charge in [0.25, 0.3) is 11.6 Å². The Morgan fingerprint density at radius 2 is 2.04 bits per heavy atom. The summed E-state index contributed by atoms with van der Waals surface area (Å²) >= 11 is 0. The molecule has 1 amide bonds. The number of benzene rings is 2. The van der Waals surface area contributed by atoms with E-state index >= 15 is 0 Å². The number of hydrogen-bond donors (Lipinski definition) is 1. The van der Waals surface area contributed by atoms with Crippen molar-refractivity contribution in [3.63, 3.8) is 0 Å². The van der Waals surface area contributed by atoms with Gasteiger partial charge in [-0.2, -0.15) is 0 Å². The number of nitro groups is 1. The molecule has 0 aromatic heterocycles. The van der Waals surface area contributed by atoms with Gasteiger partial charge in [-0.05, 0) is 51.1 Å². The molecule has 0 aliphatic carbocycles. The first-order valence-corrected chi connectivity index (χ1v) is 8.63. The number of nitrogens with zero attached hydrogens (tertiary/aromatic N) is 1. The number of hydrogen-bond acceptors (Lipinski definition) is 5. The number of aryl methyl sites for hydroxylation is 1. The largest absolute Gasteiger partial charge is 0.497 e. The fourth-order valence-corrected chi connectivity index (χ4v) is 3.33. The van der Waals surface area contributed by atoms with Crippen molar-refractivity contribution < 1.29 is 19.2 Å². The van der Waals surface area contributed by atoms with Crippen LogP contribution in [0.4, 0.5) is 5.69 Å². The third-order valence-electron chi connectivity index (χ3n) is 4.64. The second kappa shape index (κ2) is 6.90. The zero-order valence-electron chi connectivity index (χ0n) is 15.7. The number of ether oxygens (including phenoxy) is 2. The highest BCUT2D eigenvalue weighted by atomic mass is 16.6. The van der Waals surface area contributed by atoms with Crippen LogP contribution >= 0.6 is 0 Å². The average Bonchev–Trinajstić information content (AvgIpc) is 2.60. The van der Waals surface area contributed by atoms with Gasteiger partial charge in [0.05, 0.1) is 18.1 Å². The van der Waals surface area contributed by atoms with E-state index in [0.29, 0.717) is 29.0 Å². The highest BCUT2D eigenvalue weighted by molar-refractivity contribution is 5.95. The lowest BCUT2D eigenvalue weighted by Crippen LogP contribution is -2.41. The van der Waals surface area contributed by atoms with Crippen LogP contribution in [0.15, 0.2) is 36.4 Å². The molecule has 1 heterocycles. The lowest BCUT2D eigenvalue weighted by atomic mass is 9.89. The van der Waals surface area contributed by atoms with E-state index in [1.807, 2.05) is 32.0 Å². The Balaban J connectivity index is 1.89. The van der Waals surface area contributed by atoms with Crippen molar-refractivity contribution in [2.45, 2.75) is 38.8 Å². The first kappa shape index (κ1) is 18.7. The molecule has 0 saturated heterocycles. The van der Waals surface area contributed by atoms with Crippen LogP contribution in [-0.2, 0) is 0 Å². The normalized spacial score (nSPS) is 17.4. The fourth-order valence-electron chi connectivity index (χ4n) is 3.33. The van der Waals surface area contributed by atoms with Crippen LogP contribution in [0.2, 0.25) is 0 Å². The lowest BCUT2D eigenvalue weighted by molar-refractivity contribution is -0.385. The Labute approximate surface area is 157 Å². The van der Waals surface area contributed by atoms with Gasteiger partial charge in [0.15, 0.2) is 0 Å². The van der Waals surface area contributed by atoms with Gasteiger partial charge >= 0.3 is 0 Å². The molecule has 7 nitrogen and oxygen atoms in total. The SMILES string of the molecule is COc1ccc2c(c1)[C@@H](NC(=O)c1ccc([N+](=O)[O-])c(C)c1)CC(C)(C)O2. The van der Waals surface area contributed by atoms with Crippen LogP contribution in [0, 0.1) is 17.0 Å². The van der Waals surface area contributed by atoms with Gasteiger partial charge in [-0.3, -0.25) is 14.9 Å². The summed E-state index contributed by atoms with van der Waals surface area (Å²) in [5.41, 5.74) is 1.23. The Morgan fingerprint density at radius 1 is 1.30 bits per heavy atom. The molecule has 2 aromatic carbocycles. The summed E-state index contributed by atoms with van der Waals surface area (Å²) in [6, 6.07) is 9.61. The Bertz CT molecular complexity index is 907. The van der Waals surface area contributed by atoms with Gasteiger partial charge in [-0.15, -0.1) is 0 Å². The zero-order chi connectivity index (χ0) is 19.8. The van der Waals surface area contributed by atoms with Crippen molar-refractivity contribution in [3.8, 4) is 11.5 Å². The zero-order valence-corrected chi connectivity index (χ0v) is 15.7. The molecule has 1 N–H and O–H groups in total. The predicted molar refractivity (Wildman–Crippen MR) is 100 cm³/mol. The van der Waals surface area contributed by atoms with E-state index in [1.54, 1.807) is 14.0 Å². The van der Waals surface area contributed by atoms with E-state index in [1.165, 1.54) is 18.2 Å². The van der Waals surface area contributed by atoms with E-state index in [9.17, 15) is 14.9 Å². The second-order valence-electron chi connectivity index (χ2n) is 7.25. The molecule has 2 aromatic rings. The molecule has 1 atom stereocenters. The number of methoxy groups -OCH3 is 1. The number of nitrogens with one attached hydrogen (secondary N) is 1. The van der Waals surface area contributed by atoms with Crippen LogP contribution in [0.1, 0.15) is 47.8 Å². The molecule has 3 rings (SSSR count). The maximum Gasteiger partial charge on any atom is 0.272 e. The molecular weight excluding hydrogens is 348 g/mol. The number of carbonyl (C=O) groups excluding carboxylic acids is 1. The summed E-state index contributed by atoms with van der Waals surface area (Å²) in [6.45, 7) is 5.55. The summed E-state index contributed by atoms with van der Waals surface area (Å²) in [5.74, 6) is 1.10. The quantitative estimate of drug-likeness (QED) is 0.650. The predicted octanol–water partition coefficient (Wildman–Crippen LogP) is 3.94. The number of carbonyl (C=O) groups is 1. The minimum atomic E-state index is -0.458. The summed E-state index contributed by atoms with van der Waals surface area (Å²) in [5, 5.41) is 14.0. The lowest BCUT2D eigenvalue weighted by Gasteiger charge is -2.38. The van der Waals surface area contributed by atoms with Crippen molar-refractivity contribution in [3.05, 3.63) is 63.2 Å². The third kappa shape index (κ3) is 3.86. The summed E-state index contributed by atoms with van der Waals surface area (Å²) < 4.78 is 11.3. The number of fused-ring (bicyclic) bond motifs is 1. The van der Waals surface area contributed by atoms with Gasteiger partial charge in [0.1, 0.15) is 17.1 Å². The molecule has 27 heavy (non-hydrogen) atoms. The topological polar surface area (TPSA) is 90.7 Å². The van der Waals surface area contributed by atoms with Crippen molar-refractivity contribution >= 4 is 11.6 Å². The molecule has 0 bridgehead atoms. The number of rotatable bonds is 4. The molecule has 1 aliphatic rings. The van der Waals surface area contributed by atoms with Gasteiger partial charge in [-0.1, -0.05) is 0 Å². The maximum atomic E-state index is 12.8. The van der Waals surface area contributed by atoms with Crippen LogP contribution in [0.5, 0.6) is 11.5 Å². The van der Waals surface area contributed by atoms with Crippen LogP contribution in [-0.4, -0.2) is 23.5 Å². The van der Waals surface area contributed by atoms with Gasteiger partial charge in [-0.25, -0.2) is 0 Å². The molecular formula is C20H22N2O5. The average molecular weight is 370 g/mol. The summed E-state index contributed by atoms with van der Waals surface area (Å²) in [6.07, 6.45) is 0.588. The Hall–Kier alpha value is -3.09. The molecule has 0 fully saturated rings. The van der Waals surface area contributed by atoms with Crippen LogP contribution < -0.4 is 14.8 Å². The monoisotopic (exact) mass is 370 g/mol. The van der Waals surface area contributed by atoms with E-state index in [2.05, 4.69) is 5.32 Å². The minimum absolute atomic E-state index is 0.00571. The minimum Gasteiger partial charge on any atom is -0.497 e. The first-order chi connectivity index (χ1) is 12.7. The molecule has 0 saturated carbocycles. The second-order valence-corrected chi connectivity index (χ2v) is 7.25. The van der Waals surface area contributed by atoms with Crippen LogP contribution in [0.3, 0.4) is 0 Å². The summed E-state index contributed by atoms with van der Waals surface area (Å²) in [4.78, 5) is 23.3. The highest BCUT2D eigenvalue weighted by Gasteiger charge is 2.35. The van der Waals surface area contributed by atoms with Crippen molar-refractivity contribution in [1.29, 1.82) is 0 Å². The van der Waals surface area contributed by atoms with Crippen LogP contribution in [0.25, 0.3) is 0 Å². The van der Waals surface area contributed by atoms with Crippen molar-refractivity contribution in [2.24, 2.45) is 0 Å². The standard InChI is InChI=1S/C20H22N2O5/c1-12-9-13(5-7-17(12)22(24)25)19(23)21-16-11-20(2,3)27-18-8-6-14(26-4)10-15(16)18/h5-10,16H,11H2,1-4H3,(H,21,23)/t16-/m0/s1.